The third-order valence-corrected chi connectivity index (χ3v) is 4.90. The van der Waals surface area contributed by atoms with Crippen LogP contribution < -0.4 is 10.6 Å². The van der Waals surface area contributed by atoms with Crippen LogP contribution in [0.2, 0.25) is 0 Å². The summed E-state index contributed by atoms with van der Waals surface area (Å²) in [7, 11) is -1.40. The van der Waals surface area contributed by atoms with Crippen LogP contribution in [-0.2, 0) is 10.8 Å². The fraction of sp³-hybridized carbons (Fsp3) is 0.286. The minimum Gasteiger partial charge on any atom is -0.337 e. The van der Waals surface area contributed by atoms with Gasteiger partial charge in [0.25, 0.3) is 0 Å². The fourth-order valence-electron chi connectivity index (χ4n) is 1.80. The van der Waals surface area contributed by atoms with Crippen molar-refractivity contribution >= 4 is 33.9 Å². The van der Waals surface area contributed by atoms with E-state index in [1.165, 1.54) is 29.7 Å². The second-order valence-corrected chi connectivity index (χ2v) is 6.98. The molecule has 1 heterocycles. The molecule has 2 atom stereocenters. The third kappa shape index (κ3) is 4.35. The Morgan fingerprint density at radius 3 is 2.86 bits per heavy atom. The number of urea groups is 1. The highest BCUT2D eigenvalue weighted by molar-refractivity contribution is 7.84. The summed E-state index contributed by atoms with van der Waals surface area (Å²) in [4.78, 5) is 16.1. The molecule has 2 aromatic rings. The molecule has 0 radical (unpaired) electrons. The van der Waals surface area contributed by atoms with Crippen molar-refractivity contribution in [3.8, 4) is 0 Å². The molecule has 0 saturated heterocycles. The van der Waals surface area contributed by atoms with Gasteiger partial charge in [0.2, 0.25) is 0 Å². The Balaban J connectivity index is 1.89. The van der Waals surface area contributed by atoms with E-state index in [2.05, 4.69) is 15.6 Å². The first-order chi connectivity index (χ1) is 10.5. The quantitative estimate of drug-likeness (QED) is 0.878. The molecule has 5 nitrogen and oxygen atoms in total. The van der Waals surface area contributed by atoms with Gasteiger partial charge in [0.05, 0.1) is 20.7 Å². The number of aromatic nitrogens is 1. The minimum absolute atomic E-state index is 0.104. The average molecular weight is 341 g/mol. The van der Waals surface area contributed by atoms with Gasteiger partial charge in [-0.05, 0) is 18.2 Å². The molecular formula is C14H16FN3O2S2. The lowest BCUT2D eigenvalue weighted by atomic mass is 10.2. The maximum Gasteiger partial charge on any atom is 0.319 e. The Kier molecular flexibility index (Phi) is 5.62. The lowest BCUT2D eigenvalue weighted by Crippen LogP contribution is -2.31. The number of anilines is 1. The number of hydrogen-bond donors (Lipinski definition) is 2. The number of nitrogens with zero attached hydrogens (tertiary/aromatic N) is 1. The molecule has 2 rings (SSSR count). The van der Waals surface area contributed by atoms with Crippen molar-refractivity contribution in [2.45, 2.75) is 17.7 Å². The van der Waals surface area contributed by atoms with E-state index in [4.69, 9.17) is 0 Å². The van der Waals surface area contributed by atoms with Gasteiger partial charge in [-0.3, -0.25) is 4.21 Å². The minimum atomic E-state index is -1.40. The number of rotatable bonds is 5. The van der Waals surface area contributed by atoms with Gasteiger partial charge in [0.1, 0.15) is 5.82 Å². The van der Waals surface area contributed by atoms with Crippen LogP contribution in [0.3, 0.4) is 0 Å². The molecule has 0 unspecified atom stereocenters. The number of nitrogens with one attached hydrogen (secondary N) is 2. The van der Waals surface area contributed by atoms with E-state index in [0.717, 1.165) is 11.1 Å². The summed E-state index contributed by atoms with van der Waals surface area (Å²) in [5.41, 5.74) is 0.311. The predicted octanol–water partition coefficient (Wildman–Crippen LogP) is 2.94. The molecule has 8 heteroatoms. The zero-order valence-electron chi connectivity index (χ0n) is 12.1. The number of carbonyl (C=O) groups excluding carboxylic acids is 1. The van der Waals surface area contributed by atoms with E-state index in [9.17, 15) is 13.4 Å². The van der Waals surface area contributed by atoms with Crippen LogP contribution in [0.1, 0.15) is 17.8 Å². The van der Waals surface area contributed by atoms with Crippen LogP contribution in [0.25, 0.3) is 0 Å². The van der Waals surface area contributed by atoms with Crippen LogP contribution in [0.4, 0.5) is 14.9 Å². The summed E-state index contributed by atoms with van der Waals surface area (Å²) in [6.07, 6.45) is 3.12. The van der Waals surface area contributed by atoms with Gasteiger partial charge in [0, 0.05) is 36.0 Å². The highest BCUT2D eigenvalue weighted by atomic mass is 32.2. The van der Waals surface area contributed by atoms with Gasteiger partial charge in [-0.2, -0.15) is 0 Å². The number of hydrogen-bond acceptors (Lipinski definition) is 4. The summed E-state index contributed by atoms with van der Waals surface area (Å²) in [5, 5.41) is 8.08. The van der Waals surface area contributed by atoms with Crippen molar-refractivity contribution in [2.24, 2.45) is 0 Å². The second-order valence-electron chi connectivity index (χ2n) is 4.71. The summed E-state index contributed by atoms with van der Waals surface area (Å²) in [6, 6.07) is 3.65. The Morgan fingerprint density at radius 2 is 2.27 bits per heavy atom. The molecular weight excluding hydrogens is 325 g/mol. The summed E-state index contributed by atoms with van der Waals surface area (Å²) in [5.74, 6) is -0.498. The molecule has 1 aromatic carbocycles. The molecule has 22 heavy (non-hydrogen) atoms. The Bertz CT molecular complexity index is 677. The monoisotopic (exact) mass is 341 g/mol. The lowest BCUT2D eigenvalue weighted by Gasteiger charge is -2.11. The van der Waals surface area contributed by atoms with Gasteiger partial charge in [0.15, 0.2) is 0 Å². The molecule has 2 amide bonds. The number of benzene rings is 1. The molecule has 2 N–H and O–H groups in total. The van der Waals surface area contributed by atoms with E-state index < -0.39 is 22.6 Å². The van der Waals surface area contributed by atoms with Crippen LogP contribution in [0.15, 0.2) is 34.7 Å². The van der Waals surface area contributed by atoms with E-state index in [1.54, 1.807) is 6.20 Å². The third-order valence-electron chi connectivity index (χ3n) is 2.94. The predicted molar refractivity (Wildman–Crippen MR) is 86.3 cm³/mol. The van der Waals surface area contributed by atoms with Crippen LogP contribution >= 0.6 is 11.3 Å². The highest BCUT2D eigenvalue weighted by Crippen LogP contribution is 2.18. The first kappa shape index (κ1) is 16.6. The molecule has 1 aromatic heterocycles. The number of thiazole rings is 1. The summed E-state index contributed by atoms with van der Waals surface area (Å²) < 4.78 is 24.9. The average Bonchev–Trinajstić information content (AvgIpc) is 2.98. The number of amides is 2. The van der Waals surface area contributed by atoms with E-state index in [0.29, 0.717) is 12.2 Å². The van der Waals surface area contributed by atoms with Gasteiger partial charge < -0.3 is 10.6 Å². The second kappa shape index (κ2) is 7.46. The van der Waals surface area contributed by atoms with Crippen molar-refractivity contribution in [3.05, 3.63) is 40.6 Å². The van der Waals surface area contributed by atoms with Crippen LogP contribution in [0, 0.1) is 5.82 Å². The van der Waals surface area contributed by atoms with Gasteiger partial charge in [-0.25, -0.2) is 14.2 Å². The normalized spacial score (nSPS) is 13.4. The molecule has 0 aliphatic carbocycles. The van der Waals surface area contributed by atoms with Crippen molar-refractivity contribution in [1.29, 1.82) is 0 Å². The van der Waals surface area contributed by atoms with Gasteiger partial charge in [-0.15, -0.1) is 11.3 Å². The molecule has 0 saturated carbocycles. The summed E-state index contributed by atoms with van der Waals surface area (Å²) in [6.45, 7) is 2.39. The summed E-state index contributed by atoms with van der Waals surface area (Å²) >= 11 is 1.53. The van der Waals surface area contributed by atoms with Crippen molar-refractivity contribution < 1.29 is 13.4 Å². The Morgan fingerprint density at radius 1 is 1.50 bits per heavy atom. The molecule has 0 fully saturated rings. The molecule has 0 aliphatic heterocycles. The zero-order chi connectivity index (χ0) is 16.1. The largest absolute Gasteiger partial charge is 0.337 e. The van der Waals surface area contributed by atoms with Crippen molar-refractivity contribution in [3.63, 3.8) is 0 Å². The molecule has 0 spiro atoms. The van der Waals surface area contributed by atoms with Gasteiger partial charge in [-0.1, -0.05) is 6.92 Å². The van der Waals surface area contributed by atoms with Crippen LogP contribution in [-0.4, -0.2) is 28.0 Å². The SMILES string of the molecule is C[C@H](CNC(=O)Nc1ccc([S@@](C)=O)c(F)c1)c1nccs1. The van der Waals surface area contributed by atoms with Crippen molar-refractivity contribution in [1.82, 2.24) is 10.3 Å². The maximum absolute atomic E-state index is 13.7. The number of halogens is 1. The number of carbonyl (C=O) groups is 1. The first-order valence-corrected chi connectivity index (χ1v) is 8.98. The first-order valence-electron chi connectivity index (χ1n) is 6.54. The van der Waals surface area contributed by atoms with E-state index in [-0.39, 0.29) is 10.8 Å². The van der Waals surface area contributed by atoms with Gasteiger partial charge >= 0.3 is 6.03 Å². The zero-order valence-corrected chi connectivity index (χ0v) is 13.8. The fourth-order valence-corrected chi connectivity index (χ4v) is 3.09. The van der Waals surface area contributed by atoms with Crippen LogP contribution in [0.5, 0.6) is 0 Å². The topological polar surface area (TPSA) is 71.1 Å². The van der Waals surface area contributed by atoms with E-state index >= 15 is 0 Å². The Labute approximate surface area is 134 Å². The smallest absolute Gasteiger partial charge is 0.319 e. The molecule has 0 bridgehead atoms. The molecule has 0 aliphatic rings. The lowest BCUT2D eigenvalue weighted by molar-refractivity contribution is 0.251. The standard InChI is InChI=1S/C14H16FN3O2S2/c1-9(13-16-5-6-21-13)8-17-14(19)18-10-3-4-12(22(2)20)11(15)7-10/h3-7,9H,8H2,1-2H3,(H2,17,18,19)/t9-,22-/m1/s1. The highest BCUT2D eigenvalue weighted by Gasteiger charge is 2.11. The maximum atomic E-state index is 13.7. The van der Waals surface area contributed by atoms with E-state index in [1.807, 2.05) is 12.3 Å². The molecule has 118 valence electrons. The van der Waals surface area contributed by atoms with Crippen molar-refractivity contribution in [2.75, 3.05) is 18.1 Å². The Hall–Kier alpha value is -1.80.